The molecule has 1 fully saturated rings. The van der Waals surface area contributed by atoms with Crippen molar-refractivity contribution in [1.82, 2.24) is 4.90 Å². The van der Waals surface area contributed by atoms with Crippen LogP contribution in [0.3, 0.4) is 0 Å². The number of nitrogens with one attached hydrogen (secondary N) is 1. The zero-order valence-corrected chi connectivity index (χ0v) is 12.8. The van der Waals surface area contributed by atoms with Crippen LogP contribution in [0.15, 0.2) is 35.3 Å². The first kappa shape index (κ1) is 14.9. The Balaban J connectivity index is 2.17. The van der Waals surface area contributed by atoms with Crippen molar-refractivity contribution in [2.75, 3.05) is 31.6 Å². The van der Waals surface area contributed by atoms with E-state index in [9.17, 15) is 0 Å². The minimum Gasteiger partial charge on any atom is -0.378 e. The van der Waals surface area contributed by atoms with Crippen molar-refractivity contribution in [1.29, 1.82) is 0 Å². The summed E-state index contributed by atoms with van der Waals surface area (Å²) in [5.74, 6) is 1.08. The quantitative estimate of drug-likeness (QED) is 0.516. The molecule has 5 heteroatoms. The zero-order chi connectivity index (χ0) is 14.4. The van der Waals surface area contributed by atoms with E-state index in [1.165, 1.54) is 0 Å². The normalized spacial score (nSPS) is 16.4. The molecule has 1 N–H and O–H groups in total. The molecular formula is C15H21N3OS. The maximum Gasteiger partial charge on any atom is 0.204 e. The van der Waals surface area contributed by atoms with Crippen LogP contribution >= 0.6 is 12.2 Å². The zero-order valence-electron chi connectivity index (χ0n) is 12.0. The van der Waals surface area contributed by atoms with E-state index < -0.39 is 0 Å². The van der Waals surface area contributed by atoms with Crippen molar-refractivity contribution in [2.24, 2.45) is 10.9 Å². The largest absolute Gasteiger partial charge is 0.378 e. The third kappa shape index (κ3) is 4.28. The van der Waals surface area contributed by atoms with Gasteiger partial charge in [-0.05, 0) is 12.1 Å². The van der Waals surface area contributed by atoms with E-state index in [1.807, 2.05) is 30.3 Å². The van der Waals surface area contributed by atoms with Gasteiger partial charge in [-0.25, -0.2) is 4.99 Å². The van der Waals surface area contributed by atoms with Gasteiger partial charge in [0.25, 0.3) is 0 Å². The van der Waals surface area contributed by atoms with Crippen LogP contribution in [0.1, 0.15) is 13.8 Å². The topological polar surface area (TPSA) is 36.9 Å². The minimum absolute atomic E-state index is 0.263. The lowest BCUT2D eigenvalue weighted by Crippen LogP contribution is -2.44. The second kappa shape index (κ2) is 7.36. The first-order chi connectivity index (χ1) is 9.66. The minimum atomic E-state index is 0.263. The highest BCUT2D eigenvalue weighted by atomic mass is 32.1. The predicted molar refractivity (Wildman–Crippen MR) is 87.3 cm³/mol. The maximum atomic E-state index is 5.40. The summed E-state index contributed by atoms with van der Waals surface area (Å²) in [6.07, 6.45) is 0. The van der Waals surface area contributed by atoms with Crippen molar-refractivity contribution < 1.29 is 4.74 Å². The fourth-order valence-electron chi connectivity index (χ4n) is 1.84. The third-order valence-corrected chi connectivity index (χ3v) is 3.61. The number of anilines is 1. The molecule has 1 heterocycles. The maximum absolute atomic E-state index is 5.40. The molecule has 0 spiro atoms. The Morgan fingerprint density at radius 3 is 2.50 bits per heavy atom. The lowest BCUT2D eigenvalue weighted by Gasteiger charge is -2.30. The Morgan fingerprint density at radius 2 is 1.90 bits per heavy atom. The predicted octanol–water partition coefficient (Wildman–Crippen LogP) is 2.77. The molecule has 0 saturated carbocycles. The molecule has 0 bridgehead atoms. The molecule has 1 saturated heterocycles. The molecule has 0 aromatic heterocycles. The first-order valence-electron chi connectivity index (χ1n) is 6.94. The van der Waals surface area contributed by atoms with Crippen molar-refractivity contribution in [3.05, 3.63) is 30.3 Å². The molecule has 0 radical (unpaired) electrons. The van der Waals surface area contributed by atoms with Crippen molar-refractivity contribution >= 4 is 28.9 Å². The van der Waals surface area contributed by atoms with Gasteiger partial charge in [0.2, 0.25) is 5.96 Å². The van der Waals surface area contributed by atoms with E-state index in [4.69, 9.17) is 17.0 Å². The number of rotatable bonds is 2. The molecule has 0 amide bonds. The average Bonchev–Trinajstić information content (AvgIpc) is 2.48. The fourth-order valence-corrected chi connectivity index (χ4v) is 1.92. The van der Waals surface area contributed by atoms with Crippen molar-refractivity contribution in [2.45, 2.75) is 13.8 Å². The standard InChI is InChI=1S/C15H21N3OS/c1-12(2)14(20)17-15(18-8-10-19-11-9-18)16-13-6-4-3-5-7-13/h3-7,12H,8-11H2,1-2H3,(H,16,17,20). The Kier molecular flexibility index (Phi) is 5.49. The lowest BCUT2D eigenvalue weighted by atomic mass is 10.2. The van der Waals surface area contributed by atoms with Crippen LogP contribution < -0.4 is 5.32 Å². The van der Waals surface area contributed by atoms with E-state index in [0.717, 1.165) is 42.9 Å². The number of para-hydroxylation sites is 1. The number of morpholine rings is 1. The molecule has 108 valence electrons. The van der Waals surface area contributed by atoms with Gasteiger partial charge in [0.05, 0.1) is 13.2 Å². The molecule has 1 aliphatic rings. The summed E-state index contributed by atoms with van der Waals surface area (Å²) in [6, 6.07) is 10.0. The molecule has 4 nitrogen and oxygen atoms in total. The van der Waals surface area contributed by atoms with Gasteiger partial charge in [-0.1, -0.05) is 44.3 Å². The molecule has 0 aliphatic carbocycles. The smallest absolute Gasteiger partial charge is 0.204 e. The number of ether oxygens (including phenoxy) is 1. The molecule has 20 heavy (non-hydrogen) atoms. The number of hydrogen-bond donors (Lipinski definition) is 1. The Hall–Kier alpha value is -1.46. The molecule has 1 aliphatic heterocycles. The van der Waals surface area contributed by atoms with Crippen LogP contribution in [-0.2, 0) is 4.74 Å². The molecule has 0 atom stereocenters. The van der Waals surface area contributed by atoms with E-state index in [0.29, 0.717) is 0 Å². The van der Waals surface area contributed by atoms with Gasteiger partial charge in [0.1, 0.15) is 4.99 Å². The van der Waals surface area contributed by atoms with E-state index in [1.54, 1.807) is 0 Å². The molecular weight excluding hydrogens is 270 g/mol. The van der Waals surface area contributed by atoms with E-state index in [-0.39, 0.29) is 5.92 Å². The highest BCUT2D eigenvalue weighted by Gasteiger charge is 2.16. The van der Waals surface area contributed by atoms with Crippen LogP contribution in [0.2, 0.25) is 0 Å². The highest BCUT2D eigenvalue weighted by Crippen LogP contribution is 2.10. The number of aliphatic imine (C=N–C) groups is 1. The van der Waals surface area contributed by atoms with Crippen molar-refractivity contribution in [3.8, 4) is 0 Å². The van der Waals surface area contributed by atoms with Gasteiger partial charge in [-0.3, -0.25) is 0 Å². The summed E-state index contributed by atoms with van der Waals surface area (Å²) >= 11 is 5.35. The van der Waals surface area contributed by atoms with Gasteiger partial charge in [0, 0.05) is 24.7 Å². The Morgan fingerprint density at radius 1 is 1.25 bits per heavy atom. The fraction of sp³-hybridized carbons (Fsp3) is 0.467. The monoisotopic (exact) mass is 291 g/mol. The molecule has 1 aromatic carbocycles. The SMILES string of the molecule is CC(C)C(=S)N=C(Nc1ccccc1)N1CCOCC1. The van der Waals surface area contributed by atoms with Crippen LogP contribution in [0.25, 0.3) is 0 Å². The first-order valence-corrected chi connectivity index (χ1v) is 7.35. The summed E-state index contributed by atoms with van der Waals surface area (Å²) < 4.78 is 5.40. The van der Waals surface area contributed by atoms with Gasteiger partial charge in [0.15, 0.2) is 0 Å². The van der Waals surface area contributed by atoms with E-state index >= 15 is 0 Å². The second-order valence-corrected chi connectivity index (χ2v) is 5.44. The van der Waals surface area contributed by atoms with E-state index in [2.05, 4.69) is 29.1 Å². The third-order valence-electron chi connectivity index (χ3n) is 3.05. The van der Waals surface area contributed by atoms with Gasteiger partial charge in [-0.2, -0.15) is 0 Å². The van der Waals surface area contributed by atoms with Gasteiger partial charge < -0.3 is 15.0 Å². The van der Waals surface area contributed by atoms with Crippen LogP contribution in [0.5, 0.6) is 0 Å². The highest BCUT2D eigenvalue weighted by molar-refractivity contribution is 7.80. The number of hydrogen-bond acceptors (Lipinski definition) is 2. The van der Waals surface area contributed by atoms with Crippen LogP contribution in [0.4, 0.5) is 5.69 Å². The Labute approximate surface area is 125 Å². The summed E-state index contributed by atoms with van der Waals surface area (Å²) in [5, 5.41) is 3.37. The average molecular weight is 291 g/mol. The van der Waals surface area contributed by atoms with Gasteiger partial charge in [-0.15, -0.1) is 0 Å². The summed E-state index contributed by atoms with van der Waals surface area (Å²) in [6.45, 7) is 7.24. The summed E-state index contributed by atoms with van der Waals surface area (Å²) in [4.78, 5) is 7.51. The number of guanidine groups is 1. The lowest BCUT2D eigenvalue weighted by molar-refractivity contribution is 0.0681. The number of thiocarbonyl (C=S) groups is 1. The Bertz CT molecular complexity index is 467. The molecule has 0 unspecified atom stereocenters. The molecule has 1 aromatic rings. The number of benzene rings is 1. The second-order valence-electron chi connectivity index (χ2n) is 5.02. The molecule has 2 rings (SSSR count). The summed E-state index contributed by atoms with van der Waals surface area (Å²) in [7, 11) is 0. The number of nitrogens with zero attached hydrogens (tertiary/aromatic N) is 2. The van der Waals surface area contributed by atoms with Crippen LogP contribution in [0, 0.1) is 5.92 Å². The van der Waals surface area contributed by atoms with Crippen molar-refractivity contribution in [3.63, 3.8) is 0 Å². The summed E-state index contributed by atoms with van der Waals surface area (Å²) in [5.41, 5.74) is 1.02. The van der Waals surface area contributed by atoms with Crippen LogP contribution in [-0.4, -0.2) is 42.2 Å². The van der Waals surface area contributed by atoms with Gasteiger partial charge >= 0.3 is 0 Å².